The zero-order valence-corrected chi connectivity index (χ0v) is 15.4. The van der Waals surface area contributed by atoms with Crippen LogP contribution in [0.3, 0.4) is 0 Å². The Morgan fingerprint density at radius 1 is 1.30 bits per heavy atom. The number of aromatic hydroxyl groups is 1. The minimum Gasteiger partial charge on any atom is -0.507 e. The Balaban J connectivity index is 1.87. The van der Waals surface area contributed by atoms with Gasteiger partial charge in [0.15, 0.2) is 6.61 Å². The number of amides is 1. The summed E-state index contributed by atoms with van der Waals surface area (Å²) in [6.07, 6.45) is 1.36. The number of phenolic OH excluding ortho intramolecular Hbond substituents is 1. The van der Waals surface area contributed by atoms with Crippen LogP contribution in [-0.2, 0) is 4.79 Å². The molecular weight excluding hydrogens is 428 g/mol. The van der Waals surface area contributed by atoms with Gasteiger partial charge in [0.05, 0.1) is 10.7 Å². The molecule has 120 valence electrons. The summed E-state index contributed by atoms with van der Waals surface area (Å²) in [5.41, 5.74) is 3.92. The van der Waals surface area contributed by atoms with Gasteiger partial charge in [-0.05, 0) is 58.7 Å². The molecule has 2 aromatic rings. The van der Waals surface area contributed by atoms with E-state index in [4.69, 9.17) is 4.74 Å². The average molecular weight is 442 g/mol. The number of carbonyl (C=O) groups excluding carboxylic acids is 1. The Morgan fingerprint density at radius 2 is 2.09 bits per heavy atom. The van der Waals surface area contributed by atoms with Crippen molar-refractivity contribution in [2.45, 2.75) is 6.92 Å². The van der Waals surface area contributed by atoms with E-state index in [2.05, 4.69) is 42.4 Å². The lowest BCUT2D eigenvalue weighted by Gasteiger charge is -2.07. The standard InChI is InChI=1S/C16H14Br2N2O3/c1-10-2-5-15(13(18)6-10)23-9-16(22)20-19-8-11-7-12(17)3-4-14(11)21/h2-8,21H,9H2,1H3,(H,20,22)/b19-8+. The van der Waals surface area contributed by atoms with Crippen molar-refractivity contribution in [1.29, 1.82) is 0 Å². The zero-order chi connectivity index (χ0) is 16.8. The van der Waals surface area contributed by atoms with Gasteiger partial charge in [0.1, 0.15) is 11.5 Å². The first-order chi connectivity index (χ1) is 11.0. The molecule has 0 aliphatic heterocycles. The smallest absolute Gasteiger partial charge is 0.277 e. The van der Waals surface area contributed by atoms with Gasteiger partial charge in [0.25, 0.3) is 5.91 Å². The van der Waals surface area contributed by atoms with Crippen LogP contribution in [0.25, 0.3) is 0 Å². The van der Waals surface area contributed by atoms with Crippen molar-refractivity contribution in [2.75, 3.05) is 6.61 Å². The maximum absolute atomic E-state index is 11.7. The molecule has 0 saturated heterocycles. The van der Waals surface area contributed by atoms with Crippen LogP contribution in [-0.4, -0.2) is 23.8 Å². The number of hydrazone groups is 1. The second kappa shape index (κ2) is 8.12. The molecule has 23 heavy (non-hydrogen) atoms. The average Bonchev–Trinajstić information content (AvgIpc) is 2.50. The summed E-state index contributed by atoms with van der Waals surface area (Å²) in [5, 5.41) is 13.4. The number of hydrogen-bond acceptors (Lipinski definition) is 4. The third-order valence-corrected chi connectivity index (χ3v) is 3.94. The fraction of sp³-hybridized carbons (Fsp3) is 0.125. The monoisotopic (exact) mass is 440 g/mol. The molecule has 0 bridgehead atoms. The Morgan fingerprint density at radius 3 is 2.83 bits per heavy atom. The van der Waals surface area contributed by atoms with Gasteiger partial charge in [-0.2, -0.15) is 5.10 Å². The van der Waals surface area contributed by atoms with Gasteiger partial charge in [-0.15, -0.1) is 0 Å². The highest BCUT2D eigenvalue weighted by atomic mass is 79.9. The molecular formula is C16H14Br2N2O3. The lowest BCUT2D eigenvalue weighted by atomic mass is 10.2. The molecule has 0 aliphatic rings. The first-order valence-corrected chi connectivity index (χ1v) is 8.23. The summed E-state index contributed by atoms with van der Waals surface area (Å²) in [5.74, 6) is 0.258. The van der Waals surface area contributed by atoms with Crippen LogP contribution in [0.4, 0.5) is 0 Å². The minimum atomic E-state index is -0.400. The van der Waals surface area contributed by atoms with E-state index in [1.165, 1.54) is 12.3 Å². The summed E-state index contributed by atoms with van der Waals surface area (Å²) < 4.78 is 7.00. The summed E-state index contributed by atoms with van der Waals surface area (Å²) >= 11 is 6.67. The molecule has 0 atom stereocenters. The SMILES string of the molecule is Cc1ccc(OCC(=O)N/N=C/c2cc(Br)ccc2O)c(Br)c1. The van der Waals surface area contributed by atoms with Gasteiger partial charge in [0.2, 0.25) is 0 Å². The van der Waals surface area contributed by atoms with Gasteiger partial charge in [-0.1, -0.05) is 22.0 Å². The zero-order valence-electron chi connectivity index (χ0n) is 12.2. The first-order valence-electron chi connectivity index (χ1n) is 6.65. The van der Waals surface area contributed by atoms with E-state index >= 15 is 0 Å². The van der Waals surface area contributed by atoms with Crippen LogP contribution in [0.1, 0.15) is 11.1 Å². The normalized spacial score (nSPS) is 10.7. The van der Waals surface area contributed by atoms with Crippen molar-refractivity contribution < 1.29 is 14.6 Å². The number of phenols is 1. The maximum Gasteiger partial charge on any atom is 0.277 e. The van der Waals surface area contributed by atoms with E-state index in [-0.39, 0.29) is 12.4 Å². The summed E-state index contributed by atoms with van der Waals surface area (Å²) in [7, 11) is 0. The second-order valence-electron chi connectivity index (χ2n) is 4.72. The fourth-order valence-electron chi connectivity index (χ4n) is 1.70. The highest BCUT2D eigenvalue weighted by Gasteiger charge is 2.05. The molecule has 2 rings (SSSR count). The van der Waals surface area contributed by atoms with E-state index in [1.54, 1.807) is 18.2 Å². The Hall–Kier alpha value is -1.86. The van der Waals surface area contributed by atoms with Crippen LogP contribution in [0, 0.1) is 6.92 Å². The Labute approximate surface area is 150 Å². The molecule has 0 saturated carbocycles. The predicted molar refractivity (Wildman–Crippen MR) is 95.9 cm³/mol. The predicted octanol–water partition coefficient (Wildman–Crippen LogP) is 3.75. The molecule has 0 fully saturated rings. The van der Waals surface area contributed by atoms with Gasteiger partial charge >= 0.3 is 0 Å². The number of carbonyl (C=O) groups is 1. The number of hydrogen-bond donors (Lipinski definition) is 2. The number of aryl methyl sites for hydroxylation is 1. The first kappa shape index (κ1) is 17.5. The van der Waals surface area contributed by atoms with Gasteiger partial charge < -0.3 is 9.84 Å². The molecule has 0 spiro atoms. The Kier molecular flexibility index (Phi) is 6.18. The number of nitrogens with zero attached hydrogens (tertiary/aromatic N) is 1. The second-order valence-corrected chi connectivity index (χ2v) is 6.49. The van der Waals surface area contributed by atoms with Crippen molar-refractivity contribution in [3.63, 3.8) is 0 Å². The van der Waals surface area contributed by atoms with Crippen molar-refractivity contribution in [2.24, 2.45) is 5.10 Å². The van der Waals surface area contributed by atoms with Gasteiger partial charge in [0, 0.05) is 10.0 Å². The van der Waals surface area contributed by atoms with E-state index < -0.39 is 5.91 Å². The molecule has 0 heterocycles. The van der Waals surface area contributed by atoms with Crippen molar-refractivity contribution in [1.82, 2.24) is 5.43 Å². The molecule has 0 aliphatic carbocycles. The quantitative estimate of drug-likeness (QED) is 0.548. The highest BCUT2D eigenvalue weighted by molar-refractivity contribution is 9.10. The van der Waals surface area contributed by atoms with E-state index in [1.807, 2.05) is 19.1 Å². The Bertz CT molecular complexity index is 748. The number of nitrogens with one attached hydrogen (secondary N) is 1. The summed E-state index contributed by atoms with van der Waals surface area (Å²) in [6, 6.07) is 10.5. The molecule has 1 amide bonds. The lowest BCUT2D eigenvalue weighted by molar-refractivity contribution is -0.123. The maximum atomic E-state index is 11.7. The van der Waals surface area contributed by atoms with Crippen LogP contribution in [0.5, 0.6) is 11.5 Å². The van der Waals surface area contributed by atoms with Crippen molar-refractivity contribution in [3.05, 3.63) is 56.5 Å². The minimum absolute atomic E-state index is 0.0750. The molecule has 0 aromatic heterocycles. The third-order valence-electron chi connectivity index (χ3n) is 2.83. The van der Waals surface area contributed by atoms with E-state index in [0.29, 0.717) is 11.3 Å². The van der Waals surface area contributed by atoms with Crippen LogP contribution >= 0.6 is 31.9 Å². The summed E-state index contributed by atoms with van der Waals surface area (Å²) in [4.78, 5) is 11.7. The topological polar surface area (TPSA) is 70.9 Å². The van der Waals surface area contributed by atoms with Crippen LogP contribution < -0.4 is 10.2 Å². The largest absolute Gasteiger partial charge is 0.507 e. The lowest BCUT2D eigenvalue weighted by Crippen LogP contribution is -2.24. The molecule has 0 unspecified atom stereocenters. The van der Waals surface area contributed by atoms with Gasteiger partial charge in [-0.25, -0.2) is 5.43 Å². The van der Waals surface area contributed by atoms with Crippen molar-refractivity contribution in [3.8, 4) is 11.5 Å². The van der Waals surface area contributed by atoms with E-state index in [9.17, 15) is 9.90 Å². The highest BCUT2D eigenvalue weighted by Crippen LogP contribution is 2.25. The van der Waals surface area contributed by atoms with Crippen molar-refractivity contribution >= 4 is 44.0 Å². The number of halogens is 2. The number of benzene rings is 2. The number of ether oxygens (including phenoxy) is 1. The van der Waals surface area contributed by atoms with E-state index in [0.717, 1.165) is 14.5 Å². The van der Waals surface area contributed by atoms with Crippen LogP contribution in [0.2, 0.25) is 0 Å². The molecule has 2 N–H and O–H groups in total. The summed E-state index contributed by atoms with van der Waals surface area (Å²) in [6.45, 7) is 1.80. The third kappa shape index (κ3) is 5.37. The molecule has 5 nitrogen and oxygen atoms in total. The molecule has 2 aromatic carbocycles. The molecule has 0 radical (unpaired) electrons. The molecule has 7 heteroatoms. The van der Waals surface area contributed by atoms with Gasteiger partial charge in [-0.3, -0.25) is 4.79 Å². The fourth-order valence-corrected chi connectivity index (χ4v) is 2.69. The van der Waals surface area contributed by atoms with Crippen LogP contribution in [0.15, 0.2) is 50.4 Å². The number of rotatable bonds is 5.